The fourth-order valence-electron chi connectivity index (χ4n) is 2.87. The van der Waals surface area contributed by atoms with Gasteiger partial charge in [-0.2, -0.15) is 0 Å². The first-order valence-electron chi connectivity index (χ1n) is 7.70. The number of rotatable bonds is 5. The molecule has 2 aliphatic rings. The molecule has 2 atom stereocenters. The molecule has 1 amide bonds. The molecule has 2 heterocycles. The normalized spacial score (nSPS) is 24.5. The number of ether oxygens (including phenoxy) is 2. The number of nitrogens with one attached hydrogen (secondary N) is 2. The van der Waals surface area contributed by atoms with E-state index in [1.807, 2.05) is 25.1 Å². The Morgan fingerprint density at radius 2 is 2.33 bits per heavy atom. The van der Waals surface area contributed by atoms with E-state index in [1.54, 1.807) is 0 Å². The lowest BCUT2D eigenvalue weighted by atomic mass is 10.1. The number of likely N-dealkylation sites (N-methyl/N-ethyl adjacent to an activating group) is 1. The molecule has 0 spiro atoms. The molecule has 21 heavy (non-hydrogen) atoms. The smallest absolute Gasteiger partial charge is 0.246 e. The number of anilines is 1. The minimum atomic E-state index is -0.249. The molecule has 1 saturated heterocycles. The summed E-state index contributed by atoms with van der Waals surface area (Å²) in [5, 5.41) is 6.08. The van der Waals surface area contributed by atoms with Crippen LogP contribution in [0.5, 0.6) is 5.75 Å². The van der Waals surface area contributed by atoms with E-state index >= 15 is 0 Å². The third-order valence-electron chi connectivity index (χ3n) is 3.97. The number of carbonyl (C=O) groups is 1. The second-order valence-electron chi connectivity index (χ2n) is 5.53. The van der Waals surface area contributed by atoms with Gasteiger partial charge >= 0.3 is 0 Å². The quantitative estimate of drug-likeness (QED) is 0.873. The van der Waals surface area contributed by atoms with Crippen LogP contribution in [0, 0.1) is 0 Å². The van der Waals surface area contributed by atoms with Crippen LogP contribution in [-0.2, 0) is 9.53 Å². The second-order valence-corrected chi connectivity index (χ2v) is 5.53. The van der Waals surface area contributed by atoms with Gasteiger partial charge in [0.15, 0.2) is 0 Å². The van der Waals surface area contributed by atoms with Crippen LogP contribution in [-0.4, -0.2) is 31.8 Å². The molecule has 2 aliphatic heterocycles. The number of carbonyl (C=O) groups excluding carboxylic acids is 1. The van der Waals surface area contributed by atoms with Gasteiger partial charge in [-0.1, -0.05) is 13.0 Å². The van der Waals surface area contributed by atoms with Crippen molar-refractivity contribution in [3.8, 4) is 5.75 Å². The van der Waals surface area contributed by atoms with Gasteiger partial charge in [0.25, 0.3) is 0 Å². The van der Waals surface area contributed by atoms with Gasteiger partial charge in [0.2, 0.25) is 5.91 Å². The Balaban J connectivity index is 1.64. The fourth-order valence-corrected chi connectivity index (χ4v) is 2.87. The van der Waals surface area contributed by atoms with E-state index in [0.29, 0.717) is 6.61 Å². The number of hydrogen-bond donors (Lipinski definition) is 2. The van der Waals surface area contributed by atoms with Crippen LogP contribution in [0.2, 0.25) is 0 Å². The van der Waals surface area contributed by atoms with E-state index in [4.69, 9.17) is 9.47 Å². The molecule has 0 bridgehead atoms. The van der Waals surface area contributed by atoms with Crippen molar-refractivity contribution in [2.24, 2.45) is 0 Å². The second kappa shape index (κ2) is 6.45. The van der Waals surface area contributed by atoms with Crippen molar-refractivity contribution in [1.29, 1.82) is 0 Å². The molecule has 0 radical (unpaired) electrons. The maximum absolute atomic E-state index is 11.9. The van der Waals surface area contributed by atoms with Crippen LogP contribution in [0.3, 0.4) is 0 Å². The SMILES string of the molecule is CCNC1C(=O)Nc2cc(OCC3CCCCO3)ccc21. The van der Waals surface area contributed by atoms with Crippen molar-refractivity contribution in [1.82, 2.24) is 5.32 Å². The summed E-state index contributed by atoms with van der Waals surface area (Å²) in [4.78, 5) is 11.9. The minimum Gasteiger partial charge on any atom is -0.491 e. The van der Waals surface area contributed by atoms with E-state index in [2.05, 4.69) is 10.6 Å². The maximum atomic E-state index is 11.9. The topological polar surface area (TPSA) is 59.6 Å². The van der Waals surface area contributed by atoms with E-state index in [0.717, 1.165) is 43.0 Å². The lowest BCUT2D eigenvalue weighted by Gasteiger charge is -2.22. The molecule has 5 heteroatoms. The van der Waals surface area contributed by atoms with Crippen molar-refractivity contribution >= 4 is 11.6 Å². The average molecular weight is 290 g/mol. The Morgan fingerprint density at radius 3 is 3.10 bits per heavy atom. The molecular weight excluding hydrogens is 268 g/mol. The molecule has 1 fully saturated rings. The minimum absolute atomic E-state index is 0.000358. The number of fused-ring (bicyclic) bond motifs is 1. The lowest BCUT2D eigenvalue weighted by molar-refractivity contribution is -0.117. The van der Waals surface area contributed by atoms with E-state index in [9.17, 15) is 4.79 Å². The Labute approximate surface area is 125 Å². The summed E-state index contributed by atoms with van der Waals surface area (Å²) >= 11 is 0. The van der Waals surface area contributed by atoms with E-state index in [-0.39, 0.29) is 18.1 Å². The molecule has 114 valence electrons. The maximum Gasteiger partial charge on any atom is 0.246 e. The van der Waals surface area contributed by atoms with Gasteiger partial charge in [0.1, 0.15) is 18.4 Å². The van der Waals surface area contributed by atoms with E-state index in [1.165, 1.54) is 6.42 Å². The largest absolute Gasteiger partial charge is 0.491 e. The molecule has 1 aromatic carbocycles. The molecule has 0 aliphatic carbocycles. The summed E-state index contributed by atoms with van der Waals surface area (Å²) in [5.74, 6) is 0.778. The van der Waals surface area contributed by atoms with Gasteiger partial charge in [-0.3, -0.25) is 4.79 Å². The predicted octanol–water partition coefficient (Wildman–Crippen LogP) is 2.24. The summed E-state index contributed by atoms with van der Waals surface area (Å²) in [6.45, 7) is 4.16. The van der Waals surface area contributed by atoms with Gasteiger partial charge in [-0.25, -0.2) is 0 Å². The number of benzene rings is 1. The van der Waals surface area contributed by atoms with Crippen molar-refractivity contribution in [2.45, 2.75) is 38.3 Å². The third-order valence-corrected chi connectivity index (χ3v) is 3.97. The summed E-state index contributed by atoms with van der Waals surface area (Å²) in [6.07, 6.45) is 3.60. The zero-order valence-electron chi connectivity index (χ0n) is 12.4. The molecule has 2 unspecified atom stereocenters. The highest BCUT2D eigenvalue weighted by Crippen LogP contribution is 2.33. The Hall–Kier alpha value is -1.59. The summed E-state index contributed by atoms with van der Waals surface area (Å²) < 4.78 is 11.5. The van der Waals surface area contributed by atoms with Crippen LogP contribution < -0.4 is 15.4 Å². The molecule has 5 nitrogen and oxygen atoms in total. The van der Waals surface area contributed by atoms with Gasteiger partial charge in [0, 0.05) is 23.9 Å². The Bertz CT molecular complexity index is 512. The highest BCUT2D eigenvalue weighted by atomic mass is 16.5. The first kappa shape index (κ1) is 14.4. The first-order chi connectivity index (χ1) is 10.3. The van der Waals surface area contributed by atoms with Crippen LogP contribution in [0.4, 0.5) is 5.69 Å². The van der Waals surface area contributed by atoms with Crippen LogP contribution in [0.25, 0.3) is 0 Å². The number of hydrogen-bond acceptors (Lipinski definition) is 4. The van der Waals surface area contributed by atoms with Gasteiger partial charge in [-0.05, 0) is 31.9 Å². The molecule has 0 saturated carbocycles. The monoisotopic (exact) mass is 290 g/mol. The Morgan fingerprint density at radius 1 is 1.43 bits per heavy atom. The Kier molecular flexibility index (Phi) is 4.41. The summed E-state index contributed by atoms with van der Waals surface area (Å²) in [6, 6.07) is 5.53. The predicted molar refractivity (Wildman–Crippen MR) is 80.6 cm³/mol. The molecule has 2 N–H and O–H groups in total. The van der Waals surface area contributed by atoms with E-state index < -0.39 is 0 Å². The van der Waals surface area contributed by atoms with Gasteiger partial charge in [-0.15, -0.1) is 0 Å². The lowest BCUT2D eigenvalue weighted by Crippen LogP contribution is -2.27. The highest BCUT2D eigenvalue weighted by Gasteiger charge is 2.29. The summed E-state index contributed by atoms with van der Waals surface area (Å²) in [7, 11) is 0. The first-order valence-corrected chi connectivity index (χ1v) is 7.70. The van der Waals surface area contributed by atoms with Crippen LogP contribution >= 0.6 is 0 Å². The van der Waals surface area contributed by atoms with Crippen LogP contribution in [0.1, 0.15) is 37.8 Å². The highest BCUT2D eigenvalue weighted by molar-refractivity contribution is 6.02. The molecular formula is C16H22N2O3. The molecule has 1 aromatic rings. The van der Waals surface area contributed by atoms with Crippen molar-refractivity contribution in [3.05, 3.63) is 23.8 Å². The number of amides is 1. The molecule has 3 rings (SSSR count). The van der Waals surface area contributed by atoms with Gasteiger partial charge < -0.3 is 20.1 Å². The third kappa shape index (κ3) is 3.19. The standard InChI is InChI=1S/C16H22N2O3/c1-2-17-15-13-7-6-11(9-14(13)18-16(15)19)21-10-12-5-3-4-8-20-12/h6-7,9,12,15,17H,2-5,8,10H2,1H3,(H,18,19). The van der Waals surface area contributed by atoms with Crippen molar-refractivity contribution in [2.75, 3.05) is 25.1 Å². The zero-order valence-corrected chi connectivity index (χ0v) is 12.4. The van der Waals surface area contributed by atoms with Gasteiger partial charge in [0.05, 0.1) is 6.10 Å². The zero-order chi connectivity index (χ0) is 14.7. The van der Waals surface area contributed by atoms with Crippen molar-refractivity contribution < 1.29 is 14.3 Å². The summed E-state index contributed by atoms with van der Waals surface area (Å²) in [5.41, 5.74) is 1.83. The van der Waals surface area contributed by atoms with Crippen molar-refractivity contribution in [3.63, 3.8) is 0 Å². The molecule has 0 aromatic heterocycles. The average Bonchev–Trinajstić information content (AvgIpc) is 2.82. The fraction of sp³-hybridized carbons (Fsp3) is 0.562. The van der Waals surface area contributed by atoms with Crippen LogP contribution in [0.15, 0.2) is 18.2 Å².